The Labute approximate surface area is 111 Å². The first-order chi connectivity index (χ1) is 9.49. The highest BCUT2D eigenvalue weighted by Crippen LogP contribution is 2.21. The zero-order chi connectivity index (χ0) is 14.7. The smallest absolute Gasteiger partial charge is 0.270 e. The molecule has 8 nitrogen and oxygen atoms in total. The van der Waals surface area contributed by atoms with Gasteiger partial charge in [0.1, 0.15) is 5.82 Å². The first-order valence-electron chi connectivity index (χ1n) is 5.38. The van der Waals surface area contributed by atoms with Gasteiger partial charge in [0.15, 0.2) is 0 Å². The molecule has 0 aliphatic carbocycles. The number of hydrogen-bond donors (Lipinski definition) is 1. The van der Waals surface area contributed by atoms with Crippen LogP contribution < -0.4 is 5.32 Å². The van der Waals surface area contributed by atoms with E-state index in [-0.39, 0.29) is 17.2 Å². The van der Waals surface area contributed by atoms with Crippen molar-refractivity contribution in [3.05, 3.63) is 51.6 Å². The Bertz CT molecular complexity index is 677. The summed E-state index contributed by atoms with van der Waals surface area (Å²) in [5.74, 6) is -1.85. The Morgan fingerprint density at radius 1 is 1.40 bits per heavy atom. The first kappa shape index (κ1) is 13.5. The molecule has 1 heterocycles. The zero-order valence-electron chi connectivity index (χ0n) is 10.2. The Balaban J connectivity index is 2.36. The van der Waals surface area contributed by atoms with Crippen molar-refractivity contribution in [3.63, 3.8) is 0 Å². The fourth-order valence-electron chi connectivity index (χ4n) is 1.49. The Hall–Kier alpha value is -2.97. The lowest BCUT2D eigenvalue weighted by atomic mass is 10.1. The molecule has 1 aromatic heterocycles. The monoisotopic (exact) mass is 277 g/mol. The Morgan fingerprint density at radius 3 is 2.75 bits per heavy atom. The van der Waals surface area contributed by atoms with Crippen LogP contribution in [0.25, 0.3) is 0 Å². The maximum Gasteiger partial charge on any atom is 0.270 e. The molecule has 0 radical (unpaired) electrons. The van der Waals surface area contributed by atoms with Gasteiger partial charge in [0.25, 0.3) is 11.6 Å². The number of carbonyl (C=O) groups is 1. The Morgan fingerprint density at radius 2 is 2.15 bits per heavy atom. The minimum Gasteiger partial charge on any atom is -0.289 e. The predicted molar refractivity (Wildman–Crippen MR) is 65.6 cm³/mol. The van der Waals surface area contributed by atoms with Gasteiger partial charge < -0.3 is 0 Å². The number of nitrogens with zero attached hydrogens (tertiary/aromatic N) is 4. The summed E-state index contributed by atoms with van der Waals surface area (Å²) in [5, 5.41) is 19.9. The van der Waals surface area contributed by atoms with Gasteiger partial charge in [-0.15, -0.1) is 5.10 Å². The van der Waals surface area contributed by atoms with E-state index in [0.717, 1.165) is 12.1 Å². The summed E-state index contributed by atoms with van der Waals surface area (Å²) >= 11 is 0. The summed E-state index contributed by atoms with van der Waals surface area (Å²) in [4.78, 5) is 25.6. The van der Waals surface area contributed by atoms with E-state index in [1.807, 2.05) is 0 Å². The maximum absolute atomic E-state index is 13.9. The highest BCUT2D eigenvalue weighted by atomic mass is 19.1. The molecule has 0 saturated carbocycles. The second-order valence-electron chi connectivity index (χ2n) is 3.80. The van der Waals surface area contributed by atoms with E-state index >= 15 is 0 Å². The number of anilines is 1. The van der Waals surface area contributed by atoms with Crippen molar-refractivity contribution in [2.45, 2.75) is 6.92 Å². The van der Waals surface area contributed by atoms with Crippen molar-refractivity contribution in [2.24, 2.45) is 0 Å². The number of amides is 1. The van der Waals surface area contributed by atoms with E-state index < -0.39 is 22.2 Å². The van der Waals surface area contributed by atoms with Crippen LogP contribution >= 0.6 is 0 Å². The fraction of sp³-hybridized carbons (Fsp3) is 0.0909. The second kappa shape index (κ2) is 5.34. The van der Waals surface area contributed by atoms with Crippen LogP contribution in [-0.2, 0) is 0 Å². The van der Waals surface area contributed by atoms with Crippen LogP contribution in [0.3, 0.4) is 0 Å². The highest BCUT2D eigenvalue weighted by molar-refractivity contribution is 6.04. The van der Waals surface area contributed by atoms with Gasteiger partial charge in [-0.05, 0) is 12.5 Å². The van der Waals surface area contributed by atoms with E-state index in [1.165, 1.54) is 19.3 Å². The molecule has 0 fully saturated rings. The zero-order valence-corrected chi connectivity index (χ0v) is 10.2. The van der Waals surface area contributed by atoms with E-state index in [4.69, 9.17) is 0 Å². The van der Waals surface area contributed by atoms with Crippen LogP contribution in [0.15, 0.2) is 24.5 Å². The third kappa shape index (κ3) is 2.71. The van der Waals surface area contributed by atoms with Crippen molar-refractivity contribution in [1.29, 1.82) is 0 Å². The van der Waals surface area contributed by atoms with Gasteiger partial charge in [0.05, 0.1) is 22.9 Å². The van der Waals surface area contributed by atoms with Crippen molar-refractivity contribution in [3.8, 4) is 0 Å². The molecular weight excluding hydrogens is 269 g/mol. The van der Waals surface area contributed by atoms with E-state index in [0.29, 0.717) is 0 Å². The van der Waals surface area contributed by atoms with Gasteiger partial charge in [-0.2, -0.15) is 5.10 Å². The summed E-state index contributed by atoms with van der Waals surface area (Å²) in [6.45, 7) is 1.33. The average Bonchev–Trinajstić information content (AvgIpc) is 2.42. The molecule has 1 amide bonds. The number of aryl methyl sites for hydroxylation is 1. The molecule has 0 unspecified atom stereocenters. The maximum atomic E-state index is 13.9. The molecule has 9 heteroatoms. The molecule has 0 bridgehead atoms. The van der Waals surface area contributed by atoms with Crippen molar-refractivity contribution < 1.29 is 14.1 Å². The molecule has 0 saturated heterocycles. The molecule has 20 heavy (non-hydrogen) atoms. The van der Waals surface area contributed by atoms with Crippen LogP contribution in [0.5, 0.6) is 0 Å². The third-order valence-corrected chi connectivity index (χ3v) is 2.40. The molecule has 102 valence electrons. The fourth-order valence-corrected chi connectivity index (χ4v) is 1.49. The van der Waals surface area contributed by atoms with Gasteiger partial charge in [-0.25, -0.2) is 9.37 Å². The van der Waals surface area contributed by atoms with E-state index in [1.54, 1.807) is 0 Å². The van der Waals surface area contributed by atoms with Crippen molar-refractivity contribution in [1.82, 2.24) is 15.2 Å². The largest absolute Gasteiger partial charge is 0.289 e. The molecule has 0 atom stereocenters. The van der Waals surface area contributed by atoms with Crippen LogP contribution in [0, 0.1) is 22.9 Å². The normalized spacial score (nSPS) is 10.1. The number of nitro groups is 1. The quantitative estimate of drug-likeness (QED) is 0.671. The predicted octanol–water partition coefficient (Wildman–Crippen LogP) is 1.48. The standard InChI is InChI=1S/C11H8FN5O3/c1-6-4-7(17(19)20)5-8(9(6)12)10(18)15-11-13-2-3-14-16-11/h2-5H,1H3,(H,13,15,16,18). The number of benzene rings is 1. The minimum absolute atomic E-state index is 0.00328. The summed E-state index contributed by atoms with van der Waals surface area (Å²) in [6, 6.07) is 1.90. The lowest BCUT2D eigenvalue weighted by Gasteiger charge is -2.06. The van der Waals surface area contributed by atoms with Gasteiger partial charge in [0, 0.05) is 12.1 Å². The lowest BCUT2D eigenvalue weighted by Crippen LogP contribution is -2.17. The molecule has 0 aliphatic heterocycles. The topological polar surface area (TPSA) is 111 Å². The van der Waals surface area contributed by atoms with Gasteiger partial charge >= 0.3 is 0 Å². The third-order valence-electron chi connectivity index (χ3n) is 2.40. The molecule has 2 rings (SSSR count). The minimum atomic E-state index is -0.887. The SMILES string of the molecule is Cc1cc([N+](=O)[O-])cc(C(=O)Nc2nccnn2)c1F. The molecule has 0 aliphatic rings. The highest BCUT2D eigenvalue weighted by Gasteiger charge is 2.20. The van der Waals surface area contributed by atoms with Gasteiger partial charge in [-0.1, -0.05) is 0 Å². The number of nitro benzene ring substituents is 1. The lowest BCUT2D eigenvalue weighted by molar-refractivity contribution is -0.385. The first-order valence-corrected chi connectivity index (χ1v) is 5.38. The van der Waals surface area contributed by atoms with Crippen molar-refractivity contribution >= 4 is 17.5 Å². The van der Waals surface area contributed by atoms with Gasteiger partial charge in [-0.3, -0.25) is 20.2 Å². The summed E-state index contributed by atoms with van der Waals surface area (Å²) in [5.41, 5.74) is -0.832. The average molecular weight is 277 g/mol. The molecule has 1 N–H and O–H groups in total. The number of hydrogen-bond acceptors (Lipinski definition) is 6. The van der Waals surface area contributed by atoms with Crippen LogP contribution in [0.1, 0.15) is 15.9 Å². The number of halogens is 1. The summed E-state index contributed by atoms with van der Waals surface area (Å²) in [6.07, 6.45) is 2.59. The van der Waals surface area contributed by atoms with Crippen LogP contribution in [0.2, 0.25) is 0 Å². The van der Waals surface area contributed by atoms with Gasteiger partial charge in [0.2, 0.25) is 5.95 Å². The van der Waals surface area contributed by atoms with E-state index in [9.17, 15) is 19.3 Å². The van der Waals surface area contributed by atoms with Crippen LogP contribution in [-0.4, -0.2) is 26.0 Å². The molecule has 1 aromatic carbocycles. The molecule has 2 aromatic rings. The summed E-state index contributed by atoms with van der Waals surface area (Å²) in [7, 11) is 0. The summed E-state index contributed by atoms with van der Waals surface area (Å²) < 4.78 is 13.9. The number of non-ortho nitro benzene ring substituents is 1. The number of rotatable bonds is 3. The Kier molecular flexibility index (Phi) is 3.60. The van der Waals surface area contributed by atoms with Crippen molar-refractivity contribution in [2.75, 3.05) is 5.32 Å². The van der Waals surface area contributed by atoms with Crippen LogP contribution in [0.4, 0.5) is 16.0 Å². The number of carbonyl (C=O) groups excluding carboxylic acids is 1. The number of nitrogens with one attached hydrogen (secondary N) is 1. The second-order valence-corrected chi connectivity index (χ2v) is 3.80. The molecular formula is C11H8FN5O3. The number of aromatic nitrogens is 3. The molecule has 0 spiro atoms. The van der Waals surface area contributed by atoms with E-state index in [2.05, 4.69) is 20.5 Å².